The first-order valence-corrected chi connectivity index (χ1v) is 7.80. The number of para-hydroxylation sites is 1. The number of carbonyl (C=O) groups is 2. The summed E-state index contributed by atoms with van der Waals surface area (Å²) < 4.78 is 20.7. The van der Waals surface area contributed by atoms with Gasteiger partial charge in [0.05, 0.1) is 21.3 Å². The Morgan fingerprint density at radius 3 is 2.04 bits per heavy atom. The first-order chi connectivity index (χ1) is 12.5. The van der Waals surface area contributed by atoms with E-state index < -0.39 is 12.6 Å². The number of anilines is 1. The monoisotopic (exact) mass is 359 g/mol. The lowest BCUT2D eigenvalue weighted by Crippen LogP contribution is -2.31. The van der Waals surface area contributed by atoms with Gasteiger partial charge < -0.3 is 23.8 Å². The molecule has 0 aromatic heterocycles. The van der Waals surface area contributed by atoms with Gasteiger partial charge in [0, 0.05) is 24.9 Å². The number of amides is 1. The van der Waals surface area contributed by atoms with Crippen molar-refractivity contribution < 1.29 is 28.5 Å². The average molecular weight is 359 g/mol. The van der Waals surface area contributed by atoms with E-state index in [1.807, 2.05) is 18.2 Å². The molecule has 0 fully saturated rings. The highest BCUT2D eigenvalue weighted by molar-refractivity contribution is 5.98. The quantitative estimate of drug-likeness (QED) is 0.707. The van der Waals surface area contributed by atoms with Crippen molar-refractivity contribution in [2.75, 3.05) is 39.9 Å². The highest BCUT2D eigenvalue weighted by Gasteiger charge is 2.21. The van der Waals surface area contributed by atoms with Crippen molar-refractivity contribution in [3.63, 3.8) is 0 Å². The SMILES string of the molecule is COc1cc(OC)c(C(=O)OCC(=O)N(C)c2ccccc2)cc1OC. The van der Waals surface area contributed by atoms with Crippen molar-refractivity contribution in [3.8, 4) is 17.2 Å². The highest BCUT2D eigenvalue weighted by Crippen LogP contribution is 2.34. The van der Waals surface area contributed by atoms with Crippen LogP contribution in [-0.2, 0) is 9.53 Å². The first-order valence-electron chi connectivity index (χ1n) is 7.80. The zero-order valence-electron chi connectivity index (χ0n) is 15.1. The second kappa shape index (κ2) is 8.75. The Bertz CT molecular complexity index is 775. The van der Waals surface area contributed by atoms with Gasteiger partial charge in [-0.3, -0.25) is 4.79 Å². The smallest absolute Gasteiger partial charge is 0.342 e. The molecule has 0 spiro atoms. The summed E-state index contributed by atoms with van der Waals surface area (Å²) in [6, 6.07) is 12.0. The minimum atomic E-state index is -0.697. The van der Waals surface area contributed by atoms with Gasteiger partial charge in [-0.2, -0.15) is 0 Å². The maximum absolute atomic E-state index is 12.4. The normalized spacial score (nSPS) is 10.0. The maximum Gasteiger partial charge on any atom is 0.342 e. The lowest BCUT2D eigenvalue weighted by Gasteiger charge is -2.17. The molecule has 0 saturated carbocycles. The molecule has 0 heterocycles. The second-order valence-corrected chi connectivity index (χ2v) is 5.27. The van der Waals surface area contributed by atoms with E-state index in [-0.39, 0.29) is 17.2 Å². The maximum atomic E-state index is 12.4. The van der Waals surface area contributed by atoms with Crippen LogP contribution in [0.25, 0.3) is 0 Å². The third-order valence-corrected chi connectivity index (χ3v) is 3.77. The van der Waals surface area contributed by atoms with Crippen LogP contribution in [-0.4, -0.2) is 46.9 Å². The fourth-order valence-corrected chi connectivity index (χ4v) is 2.29. The fraction of sp³-hybridized carbons (Fsp3) is 0.263. The summed E-state index contributed by atoms with van der Waals surface area (Å²) in [5, 5.41) is 0. The predicted octanol–water partition coefficient (Wildman–Crippen LogP) is 2.53. The van der Waals surface area contributed by atoms with Crippen LogP contribution in [0.5, 0.6) is 17.2 Å². The number of methoxy groups -OCH3 is 3. The van der Waals surface area contributed by atoms with Gasteiger partial charge in [-0.15, -0.1) is 0 Å². The van der Waals surface area contributed by atoms with E-state index >= 15 is 0 Å². The molecule has 2 rings (SSSR count). The summed E-state index contributed by atoms with van der Waals surface area (Å²) in [4.78, 5) is 26.0. The van der Waals surface area contributed by atoms with Crippen LogP contribution in [0.15, 0.2) is 42.5 Å². The van der Waals surface area contributed by atoms with Crippen LogP contribution in [0.2, 0.25) is 0 Å². The molecule has 7 nitrogen and oxygen atoms in total. The minimum absolute atomic E-state index is 0.139. The Hall–Kier alpha value is -3.22. The number of hydrogen-bond acceptors (Lipinski definition) is 6. The van der Waals surface area contributed by atoms with Crippen molar-refractivity contribution in [2.45, 2.75) is 0 Å². The van der Waals surface area contributed by atoms with Crippen LogP contribution < -0.4 is 19.1 Å². The molecular weight excluding hydrogens is 338 g/mol. The van der Waals surface area contributed by atoms with Gasteiger partial charge >= 0.3 is 5.97 Å². The van der Waals surface area contributed by atoms with Gasteiger partial charge in [-0.1, -0.05) is 18.2 Å². The van der Waals surface area contributed by atoms with Crippen LogP contribution in [0.3, 0.4) is 0 Å². The summed E-state index contributed by atoms with van der Waals surface area (Å²) in [5.41, 5.74) is 0.845. The summed E-state index contributed by atoms with van der Waals surface area (Å²) in [7, 11) is 5.97. The fourth-order valence-electron chi connectivity index (χ4n) is 2.29. The Morgan fingerprint density at radius 1 is 0.885 bits per heavy atom. The van der Waals surface area contributed by atoms with Crippen LogP contribution in [0.1, 0.15) is 10.4 Å². The molecule has 0 unspecified atom stereocenters. The Balaban J connectivity index is 2.11. The van der Waals surface area contributed by atoms with Crippen LogP contribution >= 0.6 is 0 Å². The molecule has 26 heavy (non-hydrogen) atoms. The molecule has 2 aromatic rings. The average Bonchev–Trinajstić information content (AvgIpc) is 2.70. The number of benzene rings is 2. The molecule has 0 radical (unpaired) electrons. The number of hydrogen-bond donors (Lipinski definition) is 0. The number of esters is 1. The van der Waals surface area contributed by atoms with E-state index in [0.29, 0.717) is 17.2 Å². The van der Waals surface area contributed by atoms with Crippen molar-refractivity contribution in [1.82, 2.24) is 0 Å². The van der Waals surface area contributed by atoms with E-state index in [1.165, 1.54) is 38.4 Å². The number of likely N-dealkylation sites (N-methyl/N-ethyl adjacent to an activating group) is 1. The molecule has 0 aliphatic rings. The van der Waals surface area contributed by atoms with Crippen molar-refractivity contribution >= 4 is 17.6 Å². The van der Waals surface area contributed by atoms with E-state index in [4.69, 9.17) is 18.9 Å². The van der Waals surface area contributed by atoms with Gasteiger partial charge in [-0.25, -0.2) is 4.79 Å². The van der Waals surface area contributed by atoms with E-state index in [9.17, 15) is 9.59 Å². The topological polar surface area (TPSA) is 74.3 Å². The van der Waals surface area contributed by atoms with E-state index in [1.54, 1.807) is 19.2 Å². The molecule has 0 N–H and O–H groups in total. The van der Waals surface area contributed by atoms with Crippen LogP contribution in [0.4, 0.5) is 5.69 Å². The van der Waals surface area contributed by atoms with Gasteiger partial charge in [0.1, 0.15) is 11.3 Å². The van der Waals surface area contributed by atoms with Gasteiger partial charge in [0.15, 0.2) is 18.1 Å². The molecule has 7 heteroatoms. The number of ether oxygens (including phenoxy) is 4. The molecule has 0 aliphatic carbocycles. The standard InChI is InChI=1S/C19H21NO6/c1-20(13-8-6-5-7-9-13)18(21)12-26-19(22)14-10-16(24-3)17(25-4)11-15(14)23-2/h5-11H,12H2,1-4H3. The predicted molar refractivity (Wildman–Crippen MR) is 96.2 cm³/mol. The Kier molecular flexibility index (Phi) is 6.43. The third kappa shape index (κ3) is 4.24. The third-order valence-electron chi connectivity index (χ3n) is 3.77. The lowest BCUT2D eigenvalue weighted by atomic mass is 10.1. The number of carbonyl (C=O) groups excluding carboxylic acids is 2. The lowest BCUT2D eigenvalue weighted by molar-refractivity contribution is -0.121. The Labute approximate surface area is 152 Å². The van der Waals surface area contributed by atoms with E-state index in [0.717, 1.165) is 0 Å². The largest absolute Gasteiger partial charge is 0.496 e. The van der Waals surface area contributed by atoms with Gasteiger partial charge in [-0.05, 0) is 12.1 Å². The molecule has 138 valence electrons. The second-order valence-electron chi connectivity index (χ2n) is 5.27. The summed E-state index contributed by atoms with van der Waals surface area (Å²) in [6.45, 7) is -0.401. The molecule has 0 saturated heterocycles. The number of rotatable bonds is 7. The minimum Gasteiger partial charge on any atom is -0.496 e. The first kappa shape index (κ1) is 19.1. The zero-order valence-corrected chi connectivity index (χ0v) is 15.1. The van der Waals surface area contributed by atoms with Crippen molar-refractivity contribution in [3.05, 3.63) is 48.0 Å². The molecule has 1 amide bonds. The summed E-state index contributed by atoms with van der Waals surface area (Å²) >= 11 is 0. The highest BCUT2D eigenvalue weighted by atomic mass is 16.5. The summed E-state index contributed by atoms with van der Waals surface area (Å²) in [6.07, 6.45) is 0. The van der Waals surface area contributed by atoms with Crippen LogP contribution in [0, 0.1) is 0 Å². The Morgan fingerprint density at radius 2 is 1.46 bits per heavy atom. The number of nitrogens with zero attached hydrogens (tertiary/aromatic N) is 1. The molecule has 0 atom stereocenters. The molecule has 0 aliphatic heterocycles. The van der Waals surface area contributed by atoms with Crippen molar-refractivity contribution in [1.29, 1.82) is 0 Å². The molecule has 2 aromatic carbocycles. The van der Waals surface area contributed by atoms with Gasteiger partial charge in [0.2, 0.25) is 0 Å². The van der Waals surface area contributed by atoms with E-state index in [2.05, 4.69) is 0 Å². The molecule has 0 bridgehead atoms. The summed E-state index contributed by atoms with van der Waals surface area (Å²) in [5.74, 6) is -0.0214. The van der Waals surface area contributed by atoms with Crippen molar-refractivity contribution in [2.24, 2.45) is 0 Å². The zero-order chi connectivity index (χ0) is 19.1. The molecular formula is C19H21NO6. The van der Waals surface area contributed by atoms with Gasteiger partial charge in [0.25, 0.3) is 5.91 Å².